The summed E-state index contributed by atoms with van der Waals surface area (Å²) in [5.41, 5.74) is -0.0271. The molecule has 6 nitrogen and oxygen atoms in total. The van der Waals surface area contributed by atoms with Crippen molar-refractivity contribution in [2.75, 3.05) is 11.9 Å². The fourth-order valence-corrected chi connectivity index (χ4v) is 1.32. The van der Waals surface area contributed by atoms with Crippen molar-refractivity contribution in [1.29, 1.82) is 0 Å². The molecule has 2 N–H and O–H groups in total. The van der Waals surface area contributed by atoms with Crippen molar-refractivity contribution in [3.8, 4) is 0 Å². The minimum absolute atomic E-state index is 0.0271. The van der Waals surface area contributed by atoms with Crippen LogP contribution >= 0.6 is 0 Å². The van der Waals surface area contributed by atoms with E-state index in [9.17, 15) is 10.1 Å². The zero-order valence-electron chi connectivity index (χ0n) is 9.09. The Kier molecular flexibility index (Phi) is 4.65. The number of hydrogen-bond acceptors (Lipinski definition) is 5. The SMILES string of the molecule is CCC(CCO)Nc1ccc([N+](=O)[O-])cn1. The zero-order valence-corrected chi connectivity index (χ0v) is 9.09. The van der Waals surface area contributed by atoms with Crippen LogP contribution in [0.2, 0.25) is 0 Å². The molecule has 1 heterocycles. The molecule has 0 saturated carbocycles. The van der Waals surface area contributed by atoms with Gasteiger partial charge in [-0.1, -0.05) is 6.92 Å². The van der Waals surface area contributed by atoms with Crippen LogP contribution in [0.3, 0.4) is 0 Å². The third-order valence-corrected chi connectivity index (χ3v) is 2.28. The largest absolute Gasteiger partial charge is 0.396 e. The van der Waals surface area contributed by atoms with E-state index in [1.54, 1.807) is 6.07 Å². The van der Waals surface area contributed by atoms with Gasteiger partial charge in [0, 0.05) is 18.7 Å². The lowest BCUT2D eigenvalue weighted by Gasteiger charge is -2.15. The second-order valence-electron chi connectivity index (χ2n) is 3.42. The van der Waals surface area contributed by atoms with Crippen molar-refractivity contribution in [3.05, 3.63) is 28.4 Å². The third kappa shape index (κ3) is 3.47. The average molecular weight is 225 g/mol. The average Bonchev–Trinajstić information content (AvgIpc) is 2.29. The second-order valence-corrected chi connectivity index (χ2v) is 3.42. The van der Waals surface area contributed by atoms with Gasteiger partial charge in [0.15, 0.2) is 0 Å². The van der Waals surface area contributed by atoms with Gasteiger partial charge in [-0.25, -0.2) is 4.98 Å². The zero-order chi connectivity index (χ0) is 12.0. The van der Waals surface area contributed by atoms with E-state index in [4.69, 9.17) is 5.11 Å². The first-order valence-corrected chi connectivity index (χ1v) is 5.15. The smallest absolute Gasteiger partial charge is 0.287 e. The monoisotopic (exact) mass is 225 g/mol. The molecule has 0 amide bonds. The standard InChI is InChI=1S/C10H15N3O3/c1-2-8(5-6-14)12-10-4-3-9(7-11-10)13(15)16/h3-4,7-8,14H,2,5-6H2,1H3,(H,11,12). The molecule has 0 aliphatic rings. The lowest BCUT2D eigenvalue weighted by molar-refractivity contribution is -0.385. The first-order chi connectivity index (χ1) is 7.67. The number of rotatable bonds is 6. The van der Waals surface area contributed by atoms with Crippen molar-refractivity contribution < 1.29 is 10.0 Å². The predicted octanol–water partition coefficient (Wildman–Crippen LogP) is 1.56. The van der Waals surface area contributed by atoms with Crippen molar-refractivity contribution >= 4 is 11.5 Å². The first kappa shape index (κ1) is 12.4. The maximum atomic E-state index is 10.4. The van der Waals surface area contributed by atoms with E-state index in [1.807, 2.05) is 6.92 Å². The molecule has 1 atom stereocenters. The fourth-order valence-electron chi connectivity index (χ4n) is 1.32. The van der Waals surface area contributed by atoms with Crippen molar-refractivity contribution in [3.63, 3.8) is 0 Å². The molecule has 16 heavy (non-hydrogen) atoms. The number of anilines is 1. The molecule has 0 saturated heterocycles. The van der Waals surface area contributed by atoms with Crippen LogP contribution in [0.1, 0.15) is 19.8 Å². The third-order valence-electron chi connectivity index (χ3n) is 2.28. The molecule has 0 aromatic carbocycles. The number of hydrogen-bond donors (Lipinski definition) is 2. The van der Waals surface area contributed by atoms with Gasteiger partial charge in [-0.15, -0.1) is 0 Å². The van der Waals surface area contributed by atoms with Crippen molar-refractivity contribution in [2.24, 2.45) is 0 Å². The fraction of sp³-hybridized carbons (Fsp3) is 0.500. The number of pyridine rings is 1. The molecule has 0 aliphatic heterocycles. The van der Waals surface area contributed by atoms with Gasteiger partial charge >= 0.3 is 0 Å². The van der Waals surface area contributed by atoms with Gasteiger partial charge in [0.1, 0.15) is 12.0 Å². The van der Waals surface area contributed by atoms with Crippen LogP contribution in [0, 0.1) is 10.1 Å². The molecule has 0 aliphatic carbocycles. The van der Waals surface area contributed by atoms with Crippen LogP contribution in [0.5, 0.6) is 0 Å². The first-order valence-electron chi connectivity index (χ1n) is 5.15. The molecule has 1 aromatic rings. The molecular formula is C10H15N3O3. The summed E-state index contributed by atoms with van der Waals surface area (Å²) in [6.07, 6.45) is 2.71. The predicted molar refractivity (Wildman–Crippen MR) is 60.3 cm³/mol. The van der Waals surface area contributed by atoms with E-state index < -0.39 is 4.92 Å². The molecule has 1 rings (SSSR count). The van der Waals surface area contributed by atoms with Gasteiger partial charge in [-0.3, -0.25) is 10.1 Å². The number of nitrogens with zero attached hydrogens (tertiary/aromatic N) is 2. The summed E-state index contributed by atoms with van der Waals surface area (Å²) in [5.74, 6) is 0.589. The number of nitro groups is 1. The highest BCUT2D eigenvalue weighted by Gasteiger charge is 2.08. The summed E-state index contributed by atoms with van der Waals surface area (Å²) in [6, 6.07) is 3.11. The summed E-state index contributed by atoms with van der Waals surface area (Å²) < 4.78 is 0. The van der Waals surface area contributed by atoms with Crippen LogP contribution in [0.15, 0.2) is 18.3 Å². The van der Waals surface area contributed by atoms with Gasteiger partial charge in [0.05, 0.1) is 4.92 Å². The number of aliphatic hydroxyl groups excluding tert-OH is 1. The Bertz CT molecular complexity index is 340. The Morgan fingerprint density at radius 2 is 2.38 bits per heavy atom. The summed E-state index contributed by atoms with van der Waals surface area (Å²) in [6.45, 7) is 2.11. The van der Waals surface area contributed by atoms with E-state index in [0.29, 0.717) is 12.2 Å². The van der Waals surface area contributed by atoms with Crippen molar-refractivity contribution in [2.45, 2.75) is 25.8 Å². The number of aromatic nitrogens is 1. The minimum Gasteiger partial charge on any atom is -0.396 e. The maximum Gasteiger partial charge on any atom is 0.287 e. The Balaban J connectivity index is 2.63. The summed E-state index contributed by atoms with van der Waals surface area (Å²) in [7, 11) is 0. The summed E-state index contributed by atoms with van der Waals surface area (Å²) in [5, 5.41) is 22.3. The quantitative estimate of drug-likeness (QED) is 0.566. The molecule has 1 unspecified atom stereocenters. The normalized spacial score (nSPS) is 12.1. The van der Waals surface area contributed by atoms with Gasteiger partial charge in [0.2, 0.25) is 0 Å². The number of nitrogens with one attached hydrogen (secondary N) is 1. The molecule has 88 valence electrons. The van der Waals surface area contributed by atoms with Crippen LogP contribution in [-0.4, -0.2) is 27.7 Å². The Morgan fingerprint density at radius 1 is 1.62 bits per heavy atom. The molecule has 0 bridgehead atoms. The number of aliphatic hydroxyl groups is 1. The Hall–Kier alpha value is -1.69. The molecule has 1 aromatic heterocycles. The molecule has 6 heteroatoms. The lowest BCUT2D eigenvalue weighted by atomic mass is 10.1. The van der Waals surface area contributed by atoms with Gasteiger partial charge in [0.25, 0.3) is 5.69 Å². The van der Waals surface area contributed by atoms with Crippen LogP contribution in [-0.2, 0) is 0 Å². The molecule has 0 spiro atoms. The van der Waals surface area contributed by atoms with Crippen LogP contribution in [0.25, 0.3) is 0 Å². The van der Waals surface area contributed by atoms with Gasteiger partial charge < -0.3 is 10.4 Å². The summed E-state index contributed by atoms with van der Waals surface area (Å²) >= 11 is 0. The van der Waals surface area contributed by atoms with Gasteiger partial charge in [-0.2, -0.15) is 0 Å². The Labute approximate surface area is 93.5 Å². The maximum absolute atomic E-state index is 10.4. The highest BCUT2D eigenvalue weighted by Crippen LogP contribution is 2.13. The van der Waals surface area contributed by atoms with Crippen LogP contribution < -0.4 is 5.32 Å². The Morgan fingerprint density at radius 3 is 2.81 bits per heavy atom. The summed E-state index contributed by atoms with van der Waals surface area (Å²) in [4.78, 5) is 13.9. The highest BCUT2D eigenvalue weighted by molar-refractivity contribution is 5.40. The van der Waals surface area contributed by atoms with E-state index in [2.05, 4.69) is 10.3 Å². The lowest BCUT2D eigenvalue weighted by Crippen LogP contribution is -2.20. The van der Waals surface area contributed by atoms with Crippen LogP contribution in [0.4, 0.5) is 11.5 Å². The van der Waals surface area contributed by atoms with E-state index in [-0.39, 0.29) is 18.3 Å². The van der Waals surface area contributed by atoms with E-state index in [0.717, 1.165) is 6.42 Å². The van der Waals surface area contributed by atoms with Crippen molar-refractivity contribution in [1.82, 2.24) is 4.98 Å². The molecule has 0 radical (unpaired) electrons. The molecular weight excluding hydrogens is 210 g/mol. The minimum atomic E-state index is -0.484. The van der Waals surface area contributed by atoms with E-state index in [1.165, 1.54) is 12.3 Å². The second kappa shape index (κ2) is 6.02. The highest BCUT2D eigenvalue weighted by atomic mass is 16.6. The topological polar surface area (TPSA) is 88.3 Å². The van der Waals surface area contributed by atoms with Gasteiger partial charge in [-0.05, 0) is 18.9 Å². The molecule has 0 fully saturated rings. The van der Waals surface area contributed by atoms with E-state index >= 15 is 0 Å².